The zero-order valence-corrected chi connectivity index (χ0v) is 14.2. The summed E-state index contributed by atoms with van der Waals surface area (Å²) in [5.41, 5.74) is 1.84. The van der Waals surface area contributed by atoms with E-state index in [-0.39, 0.29) is 5.91 Å². The van der Waals surface area contributed by atoms with Crippen molar-refractivity contribution < 1.29 is 9.53 Å². The fraction of sp³-hybridized carbons (Fsp3) is 0.444. The molecule has 23 heavy (non-hydrogen) atoms. The minimum absolute atomic E-state index is 0.0376. The number of ether oxygens (including phenoxy) is 1. The van der Waals surface area contributed by atoms with Gasteiger partial charge in [-0.15, -0.1) is 11.3 Å². The number of rotatable bonds is 8. The molecule has 0 saturated heterocycles. The van der Waals surface area contributed by atoms with Gasteiger partial charge in [0, 0.05) is 25.3 Å². The number of nitrogens with zero attached hydrogens (tertiary/aromatic N) is 1. The molecule has 1 aromatic heterocycles. The van der Waals surface area contributed by atoms with Crippen molar-refractivity contribution in [1.29, 1.82) is 0 Å². The average molecular weight is 330 g/mol. The molecule has 1 heterocycles. The highest BCUT2D eigenvalue weighted by molar-refractivity contribution is 7.17. The average Bonchev–Trinajstić information content (AvgIpc) is 3.31. The summed E-state index contributed by atoms with van der Waals surface area (Å²) in [6, 6.07) is 9.96. The second kappa shape index (κ2) is 7.70. The smallest absolute Gasteiger partial charge is 0.263 e. The molecule has 0 atom stereocenters. The topological polar surface area (TPSA) is 51.2 Å². The van der Waals surface area contributed by atoms with E-state index in [0.29, 0.717) is 18.0 Å². The van der Waals surface area contributed by atoms with Gasteiger partial charge in [0.15, 0.2) is 0 Å². The fourth-order valence-corrected chi connectivity index (χ4v) is 3.29. The van der Waals surface area contributed by atoms with Crippen molar-refractivity contribution in [2.45, 2.75) is 26.2 Å². The van der Waals surface area contributed by atoms with E-state index >= 15 is 0 Å². The van der Waals surface area contributed by atoms with Crippen molar-refractivity contribution in [3.8, 4) is 10.6 Å². The van der Waals surface area contributed by atoms with Gasteiger partial charge in [-0.2, -0.15) is 0 Å². The number of carbonyl (C=O) groups is 1. The van der Waals surface area contributed by atoms with Crippen LogP contribution in [-0.4, -0.2) is 30.6 Å². The van der Waals surface area contributed by atoms with Crippen LogP contribution in [0.3, 0.4) is 0 Å². The summed E-state index contributed by atoms with van der Waals surface area (Å²) in [7, 11) is 0. The van der Waals surface area contributed by atoms with E-state index in [2.05, 4.69) is 10.3 Å². The van der Waals surface area contributed by atoms with Crippen molar-refractivity contribution in [3.63, 3.8) is 0 Å². The van der Waals surface area contributed by atoms with Gasteiger partial charge in [-0.1, -0.05) is 30.3 Å². The van der Waals surface area contributed by atoms with Gasteiger partial charge in [-0.25, -0.2) is 4.98 Å². The fourth-order valence-electron chi connectivity index (χ4n) is 2.30. The Balaban J connectivity index is 1.48. The van der Waals surface area contributed by atoms with Crippen LogP contribution in [0.5, 0.6) is 0 Å². The Labute approximate surface area is 140 Å². The van der Waals surface area contributed by atoms with Crippen molar-refractivity contribution in [2.24, 2.45) is 5.92 Å². The lowest BCUT2D eigenvalue weighted by Crippen LogP contribution is -2.25. The molecule has 2 aromatic rings. The minimum atomic E-state index is -0.0376. The van der Waals surface area contributed by atoms with Gasteiger partial charge in [0.1, 0.15) is 9.88 Å². The molecule has 1 aromatic carbocycles. The first-order valence-electron chi connectivity index (χ1n) is 8.13. The standard InChI is InChI=1S/C18H22N2O2S/c1-13-16(23-18(20-13)15-6-3-2-4-7-15)17(21)19-10-5-11-22-12-14-8-9-14/h2-4,6-7,14H,5,8-12H2,1H3,(H,19,21). The van der Waals surface area contributed by atoms with E-state index < -0.39 is 0 Å². The predicted molar refractivity (Wildman–Crippen MR) is 92.8 cm³/mol. The second-order valence-electron chi connectivity index (χ2n) is 5.93. The third-order valence-electron chi connectivity index (χ3n) is 3.83. The van der Waals surface area contributed by atoms with Gasteiger partial charge in [0.05, 0.1) is 5.69 Å². The third kappa shape index (κ3) is 4.62. The van der Waals surface area contributed by atoms with Gasteiger partial charge in [0.2, 0.25) is 0 Å². The highest BCUT2D eigenvalue weighted by Crippen LogP contribution is 2.29. The van der Waals surface area contributed by atoms with Crippen LogP contribution in [0.15, 0.2) is 30.3 Å². The summed E-state index contributed by atoms with van der Waals surface area (Å²) in [6.07, 6.45) is 3.47. The van der Waals surface area contributed by atoms with E-state index in [1.54, 1.807) is 0 Å². The summed E-state index contributed by atoms with van der Waals surface area (Å²) < 4.78 is 5.57. The summed E-state index contributed by atoms with van der Waals surface area (Å²) in [5.74, 6) is 0.755. The van der Waals surface area contributed by atoms with Crippen LogP contribution in [-0.2, 0) is 4.74 Å². The Hall–Kier alpha value is -1.72. The zero-order valence-electron chi connectivity index (χ0n) is 13.4. The molecular weight excluding hydrogens is 308 g/mol. The molecule has 3 rings (SSSR count). The van der Waals surface area contributed by atoms with Crippen LogP contribution in [0, 0.1) is 12.8 Å². The first-order valence-corrected chi connectivity index (χ1v) is 8.94. The molecule has 0 bridgehead atoms. The Morgan fingerprint density at radius 2 is 2.13 bits per heavy atom. The van der Waals surface area contributed by atoms with Crippen molar-refractivity contribution in [3.05, 3.63) is 40.9 Å². The van der Waals surface area contributed by atoms with E-state index in [1.165, 1.54) is 24.2 Å². The Kier molecular flexibility index (Phi) is 5.41. The van der Waals surface area contributed by atoms with Crippen molar-refractivity contribution in [2.75, 3.05) is 19.8 Å². The molecule has 4 nitrogen and oxygen atoms in total. The molecule has 1 N–H and O–H groups in total. The quantitative estimate of drug-likeness (QED) is 0.752. The first-order chi connectivity index (χ1) is 11.2. The van der Waals surface area contributed by atoms with Crippen molar-refractivity contribution >= 4 is 17.2 Å². The van der Waals surface area contributed by atoms with Crippen LogP contribution in [0.4, 0.5) is 0 Å². The van der Waals surface area contributed by atoms with Crippen LogP contribution < -0.4 is 5.32 Å². The first kappa shape index (κ1) is 16.1. The molecule has 5 heteroatoms. The number of thiazole rings is 1. The Morgan fingerprint density at radius 3 is 2.87 bits per heavy atom. The van der Waals surface area contributed by atoms with Crippen LogP contribution in [0.1, 0.15) is 34.6 Å². The number of hydrogen-bond acceptors (Lipinski definition) is 4. The number of carbonyl (C=O) groups excluding carboxylic acids is 1. The van der Waals surface area contributed by atoms with Gasteiger partial charge in [0.25, 0.3) is 5.91 Å². The van der Waals surface area contributed by atoms with E-state index in [1.807, 2.05) is 37.3 Å². The molecule has 1 saturated carbocycles. The summed E-state index contributed by atoms with van der Waals surface area (Å²) >= 11 is 1.45. The molecule has 122 valence electrons. The van der Waals surface area contributed by atoms with Gasteiger partial charge in [-0.05, 0) is 32.1 Å². The summed E-state index contributed by atoms with van der Waals surface area (Å²) in [5, 5.41) is 3.85. The lowest BCUT2D eigenvalue weighted by molar-refractivity contribution is 0.0940. The normalized spacial score (nSPS) is 14.0. The lowest BCUT2D eigenvalue weighted by Gasteiger charge is -2.05. The number of amides is 1. The molecule has 1 amide bonds. The largest absolute Gasteiger partial charge is 0.381 e. The number of aryl methyl sites for hydroxylation is 1. The third-order valence-corrected chi connectivity index (χ3v) is 5.03. The SMILES string of the molecule is Cc1nc(-c2ccccc2)sc1C(=O)NCCCOCC1CC1. The Morgan fingerprint density at radius 1 is 1.35 bits per heavy atom. The Bertz CT molecular complexity index is 650. The van der Waals surface area contributed by atoms with E-state index in [0.717, 1.165) is 35.2 Å². The molecule has 1 aliphatic rings. The van der Waals surface area contributed by atoms with E-state index in [4.69, 9.17) is 4.74 Å². The number of benzene rings is 1. The zero-order chi connectivity index (χ0) is 16.1. The lowest BCUT2D eigenvalue weighted by atomic mass is 10.2. The monoisotopic (exact) mass is 330 g/mol. The number of hydrogen-bond donors (Lipinski definition) is 1. The van der Waals surface area contributed by atoms with Gasteiger partial charge >= 0.3 is 0 Å². The van der Waals surface area contributed by atoms with Gasteiger partial charge in [-0.3, -0.25) is 4.79 Å². The maximum absolute atomic E-state index is 12.3. The summed E-state index contributed by atoms with van der Waals surface area (Å²) in [4.78, 5) is 17.5. The number of nitrogens with one attached hydrogen (secondary N) is 1. The maximum Gasteiger partial charge on any atom is 0.263 e. The molecule has 1 fully saturated rings. The van der Waals surface area contributed by atoms with Crippen molar-refractivity contribution in [1.82, 2.24) is 10.3 Å². The van der Waals surface area contributed by atoms with Crippen LogP contribution in [0.2, 0.25) is 0 Å². The van der Waals surface area contributed by atoms with Crippen LogP contribution >= 0.6 is 11.3 Å². The van der Waals surface area contributed by atoms with Gasteiger partial charge < -0.3 is 10.1 Å². The minimum Gasteiger partial charge on any atom is -0.381 e. The number of aromatic nitrogens is 1. The maximum atomic E-state index is 12.3. The van der Waals surface area contributed by atoms with Crippen LogP contribution in [0.25, 0.3) is 10.6 Å². The summed E-state index contributed by atoms with van der Waals surface area (Å²) in [6.45, 7) is 4.12. The predicted octanol–water partition coefficient (Wildman–Crippen LogP) is 3.67. The van der Waals surface area contributed by atoms with E-state index in [9.17, 15) is 4.79 Å². The second-order valence-corrected chi connectivity index (χ2v) is 6.93. The highest BCUT2D eigenvalue weighted by atomic mass is 32.1. The molecular formula is C18H22N2O2S. The molecule has 0 spiro atoms. The highest BCUT2D eigenvalue weighted by Gasteiger charge is 2.21. The molecule has 1 aliphatic carbocycles. The molecule has 0 aliphatic heterocycles. The molecule has 0 unspecified atom stereocenters. The molecule has 0 radical (unpaired) electrons.